The van der Waals surface area contributed by atoms with E-state index >= 15 is 0 Å². The lowest BCUT2D eigenvalue weighted by molar-refractivity contribution is -0.198. The van der Waals surface area contributed by atoms with Gasteiger partial charge in [-0.2, -0.15) is 0 Å². The molecule has 2 aliphatic rings. The minimum Gasteiger partial charge on any atom is -0.480 e. The molecule has 17 nitrogen and oxygen atoms in total. The number of nitrogens with two attached hydrogens (primary N) is 4. The second-order valence-electron chi connectivity index (χ2n) is 8.57. The molecule has 206 valence electrons. The molecule has 36 heavy (non-hydrogen) atoms. The number of guanidine groups is 1. The molecule has 0 aromatic carbocycles. The normalized spacial score (nSPS) is 31.5. The van der Waals surface area contributed by atoms with E-state index in [1.807, 2.05) is 0 Å². The van der Waals surface area contributed by atoms with Crippen molar-refractivity contribution in [3.63, 3.8) is 0 Å². The zero-order chi connectivity index (χ0) is 27.0. The number of primary amides is 1. The molecule has 9 atom stereocenters. The maximum Gasteiger partial charge on any atom is 0.404 e. The minimum atomic E-state index is -1.62. The third-order valence-corrected chi connectivity index (χ3v) is 5.78. The van der Waals surface area contributed by atoms with E-state index in [-0.39, 0.29) is 18.9 Å². The number of aliphatic carboxylic acids is 1. The average molecular weight is 521 g/mol. The highest BCUT2D eigenvalue weighted by atomic mass is 16.6. The molecule has 1 fully saturated rings. The van der Waals surface area contributed by atoms with Crippen LogP contribution in [0.2, 0.25) is 0 Å². The molecule has 2 aliphatic heterocycles. The molecule has 2 amide bonds. The van der Waals surface area contributed by atoms with Gasteiger partial charge in [0.1, 0.15) is 37.0 Å². The van der Waals surface area contributed by atoms with Gasteiger partial charge >= 0.3 is 12.1 Å². The number of aliphatic hydroxyl groups excluding tert-OH is 3. The maximum absolute atomic E-state index is 12.6. The Hall–Kier alpha value is -2.80. The van der Waals surface area contributed by atoms with Gasteiger partial charge in [0.25, 0.3) is 0 Å². The summed E-state index contributed by atoms with van der Waals surface area (Å²) in [5.74, 6) is -2.00. The number of carboxylic acids is 1. The summed E-state index contributed by atoms with van der Waals surface area (Å²) < 4.78 is 10.4. The van der Waals surface area contributed by atoms with E-state index in [1.54, 1.807) is 0 Å². The number of carbonyl (C=O) groups is 3. The molecule has 15 N–H and O–H groups in total. The van der Waals surface area contributed by atoms with Crippen LogP contribution in [0.15, 0.2) is 4.99 Å². The van der Waals surface area contributed by atoms with Crippen LogP contribution in [0.3, 0.4) is 0 Å². The third kappa shape index (κ3) is 7.85. The molecule has 0 aromatic rings. The first-order valence-electron chi connectivity index (χ1n) is 11.4. The van der Waals surface area contributed by atoms with Gasteiger partial charge in [-0.15, -0.1) is 0 Å². The van der Waals surface area contributed by atoms with Crippen LogP contribution >= 0.6 is 0 Å². The first-order chi connectivity index (χ1) is 17.0. The Kier molecular flexibility index (Phi) is 11.0. The number of hydrogen-bond donors (Lipinski definition) is 11. The summed E-state index contributed by atoms with van der Waals surface area (Å²) in [5.41, 5.74) is 21.8. The number of aliphatic imine (C=N–C) groups is 1. The van der Waals surface area contributed by atoms with E-state index in [2.05, 4.69) is 25.7 Å². The fourth-order valence-corrected chi connectivity index (χ4v) is 3.88. The van der Waals surface area contributed by atoms with Crippen LogP contribution in [0.25, 0.3) is 0 Å². The SMILES string of the molecule is NCCC[C@H](N)CC(=O)N[C@@H]1[C@H](O)[C@@H](O)[C@@H](COC(N)=O)O[C@H]1NC1=N[C@H]([C@H](O)CN)[C@@H](C(=O)O)N1. The molecule has 17 heteroatoms. The molecule has 0 aliphatic carbocycles. The lowest BCUT2D eigenvalue weighted by Crippen LogP contribution is -2.69. The molecule has 0 radical (unpaired) electrons. The van der Waals surface area contributed by atoms with E-state index in [0.717, 1.165) is 0 Å². The van der Waals surface area contributed by atoms with Crippen molar-refractivity contribution in [1.82, 2.24) is 16.0 Å². The zero-order valence-electron chi connectivity index (χ0n) is 19.5. The van der Waals surface area contributed by atoms with Crippen molar-refractivity contribution < 1.29 is 44.3 Å². The Morgan fingerprint density at radius 3 is 2.50 bits per heavy atom. The minimum absolute atomic E-state index is 0.106. The monoisotopic (exact) mass is 520 g/mol. The smallest absolute Gasteiger partial charge is 0.404 e. The van der Waals surface area contributed by atoms with Gasteiger partial charge in [0, 0.05) is 19.0 Å². The molecule has 0 spiro atoms. The van der Waals surface area contributed by atoms with Crippen molar-refractivity contribution in [3.8, 4) is 0 Å². The molecule has 0 aromatic heterocycles. The summed E-state index contributed by atoms with van der Waals surface area (Å²) in [6.45, 7) is -0.375. The van der Waals surface area contributed by atoms with E-state index < -0.39 is 79.4 Å². The third-order valence-electron chi connectivity index (χ3n) is 5.78. The number of ether oxygens (including phenoxy) is 2. The van der Waals surface area contributed by atoms with Crippen LogP contribution in [0.4, 0.5) is 4.79 Å². The Labute approximate surface area is 206 Å². The summed E-state index contributed by atoms with van der Waals surface area (Å²) in [4.78, 5) is 39.3. The van der Waals surface area contributed by atoms with Crippen LogP contribution < -0.4 is 38.9 Å². The molecular formula is C19H36N8O9. The van der Waals surface area contributed by atoms with Crippen molar-refractivity contribution in [3.05, 3.63) is 0 Å². The maximum atomic E-state index is 12.6. The molecule has 0 bridgehead atoms. The van der Waals surface area contributed by atoms with Crippen molar-refractivity contribution in [1.29, 1.82) is 0 Å². The Morgan fingerprint density at radius 1 is 1.22 bits per heavy atom. The predicted molar refractivity (Wildman–Crippen MR) is 123 cm³/mol. The Balaban J connectivity index is 2.22. The number of nitrogens with zero attached hydrogens (tertiary/aromatic N) is 1. The van der Waals surface area contributed by atoms with Gasteiger partial charge in [0.05, 0.1) is 6.10 Å². The fraction of sp³-hybridized carbons (Fsp3) is 0.789. The van der Waals surface area contributed by atoms with Gasteiger partial charge in [0.15, 0.2) is 18.2 Å². The second-order valence-corrected chi connectivity index (χ2v) is 8.57. The molecule has 2 rings (SSSR count). The molecule has 1 saturated heterocycles. The van der Waals surface area contributed by atoms with Crippen LogP contribution in [0.1, 0.15) is 19.3 Å². The Bertz CT molecular complexity index is 803. The number of nitrogens with one attached hydrogen (secondary N) is 3. The standard InChI is InChI=1S/C19H36N8O9/c20-3-1-2-7(22)4-10(29)24-13-15(31)14(30)9(6-35-18(23)34)36-16(13)27-19-25-11(8(28)5-21)12(26-19)17(32)33/h7-9,11-16,28,30-31H,1-6,20-22H2,(H2,23,34)(H,24,29)(H,32,33)(H2,25,26,27)/t7-,8+,9+,11+,12-,13+,14-,15-,16+/m0/s1. The van der Waals surface area contributed by atoms with Crippen LogP contribution in [-0.2, 0) is 19.1 Å². The molecule has 0 saturated carbocycles. The van der Waals surface area contributed by atoms with Crippen LogP contribution in [0.5, 0.6) is 0 Å². The summed E-state index contributed by atoms with van der Waals surface area (Å²) in [5, 5.41) is 48.6. The predicted octanol–water partition coefficient (Wildman–Crippen LogP) is -5.84. The quantitative estimate of drug-likeness (QED) is 0.114. The fourth-order valence-electron chi connectivity index (χ4n) is 3.88. The number of carbonyl (C=O) groups excluding carboxylic acids is 2. The highest BCUT2D eigenvalue weighted by Crippen LogP contribution is 2.22. The van der Waals surface area contributed by atoms with Gasteiger partial charge in [-0.05, 0) is 19.4 Å². The van der Waals surface area contributed by atoms with E-state index in [9.17, 15) is 34.8 Å². The summed E-state index contributed by atoms with van der Waals surface area (Å²) >= 11 is 0. The lowest BCUT2D eigenvalue weighted by atomic mass is 9.95. The topological polar surface area (TPSA) is 303 Å². The zero-order valence-corrected chi connectivity index (χ0v) is 19.5. The molecular weight excluding hydrogens is 484 g/mol. The molecule has 2 heterocycles. The highest BCUT2D eigenvalue weighted by molar-refractivity contribution is 5.90. The Morgan fingerprint density at radius 2 is 1.92 bits per heavy atom. The van der Waals surface area contributed by atoms with Crippen molar-refractivity contribution >= 4 is 23.9 Å². The van der Waals surface area contributed by atoms with E-state index in [1.165, 1.54) is 0 Å². The molecule has 0 unspecified atom stereocenters. The van der Waals surface area contributed by atoms with Gasteiger partial charge < -0.3 is 68.8 Å². The summed E-state index contributed by atoms with van der Waals surface area (Å²) in [6.07, 6.45) is -7.22. The number of carboxylic acid groups (broad SMARTS) is 1. The van der Waals surface area contributed by atoms with Gasteiger partial charge in [0.2, 0.25) is 5.91 Å². The van der Waals surface area contributed by atoms with Crippen molar-refractivity contribution in [2.24, 2.45) is 27.9 Å². The van der Waals surface area contributed by atoms with E-state index in [4.69, 9.17) is 27.7 Å². The first-order valence-corrected chi connectivity index (χ1v) is 11.4. The van der Waals surface area contributed by atoms with Gasteiger partial charge in [-0.1, -0.05) is 0 Å². The first kappa shape index (κ1) is 29.4. The van der Waals surface area contributed by atoms with E-state index in [0.29, 0.717) is 19.4 Å². The lowest BCUT2D eigenvalue weighted by Gasteiger charge is -2.43. The largest absolute Gasteiger partial charge is 0.480 e. The number of amides is 2. The number of hydrogen-bond acceptors (Lipinski definition) is 14. The highest BCUT2D eigenvalue weighted by Gasteiger charge is 2.47. The number of rotatable bonds is 12. The summed E-state index contributed by atoms with van der Waals surface area (Å²) in [7, 11) is 0. The van der Waals surface area contributed by atoms with Crippen molar-refractivity contribution in [2.45, 2.75) is 74.1 Å². The van der Waals surface area contributed by atoms with Crippen LogP contribution in [-0.4, -0.2) is 119 Å². The number of aliphatic hydroxyl groups is 3. The van der Waals surface area contributed by atoms with Gasteiger partial charge in [-0.25, -0.2) is 14.6 Å². The van der Waals surface area contributed by atoms with Crippen LogP contribution in [0, 0.1) is 0 Å². The van der Waals surface area contributed by atoms with Gasteiger partial charge in [-0.3, -0.25) is 4.79 Å². The van der Waals surface area contributed by atoms with Crippen molar-refractivity contribution in [2.75, 3.05) is 19.7 Å². The second kappa shape index (κ2) is 13.5. The average Bonchev–Trinajstić information content (AvgIpc) is 3.25. The summed E-state index contributed by atoms with van der Waals surface area (Å²) in [6, 6.07) is -4.24.